The summed E-state index contributed by atoms with van der Waals surface area (Å²) in [6.07, 6.45) is 1.42. The minimum Gasteiger partial charge on any atom is -0.508 e. The zero-order chi connectivity index (χ0) is 26.4. The van der Waals surface area contributed by atoms with Crippen molar-refractivity contribution in [3.05, 3.63) is 54.4 Å². The van der Waals surface area contributed by atoms with Crippen molar-refractivity contribution >= 4 is 45.6 Å². The molecule has 0 spiro atoms. The van der Waals surface area contributed by atoms with Crippen molar-refractivity contribution in [1.82, 2.24) is 34.5 Å². The Balaban J connectivity index is 1.42. The number of Topliss-reactive ketones (excluding diaryl/α,β-unsaturated/α-hetero) is 1. The van der Waals surface area contributed by atoms with Gasteiger partial charge in [0.15, 0.2) is 22.8 Å². The molecule has 0 unspecified atom stereocenters. The summed E-state index contributed by atoms with van der Waals surface area (Å²) < 4.78 is 2.97. The molecule has 3 aromatic heterocycles. The lowest BCUT2D eigenvalue weighted by Crippen LogP contribution is -2.47. The molecule has 1 saturated heterocycles. The molecule has 13 nitrogen and oxygen atoms in total. The monoisotopic (exact) mass is 513 g/mol. The average molecular weight is 514 g/mol. The Morgan fingerprint density at radius 2 is 1.68 bits per heavy atom. The Morgan fingerprint density at radius 3 is 2.39 bits per heavy atom. The standard InChI is InChI=1S/C25H23N9O4/c1-15(35)18-3-2-4-19-21(18)29-30-34(19)24-22-23(33(14-26-22)13-20(37)38)27-25(28-24)32-11-9-31(10-12-32)16-5-7-17(36)8-6-16/h2-8,14,36H,9-13H2,1H3,(H,37,38). The molecule has 0 atom stereocenters. The summed E-state index contributed by atoms with van der Waals surface area (Å²) in [7, 11) is 0. The van der Waals surface area contributed by atoms with Crippen LogP contribution in [0.4, 0.5) is 11.6 Å². The van der Waals surface area contributed by atoms with Crippen LogP contribution in [0.3, 0.4) is 0 Å². The van der Waals surface area contributed by atoms with E-state index in [4.69, 9.17) is 9.97 Å². The predicted molar refractivity (Wildman–Crippen MR) is 138 cm³/mol. The van der Waals surface area contributed by atoms with Crippen LogP contribution in [0.2, 0.25) is 0 Å². The smallest absolute Gasteiger partial charge is 0.323 e. The fourth-order valence-corrected chi connectivity index (χ4v) is 4.68. The minimum absolute atomic E-state index is 0.131. The van der Waals surface area contributed by atoms with Crippen molar-refractivity contribution in [1.29, 1.82) is 0 Å². The first-order valence-corrected chi connectivity index (χ1v) is 12.0. The van der Waals surface area contributed by atoms with Crippen molar-refractivity contribution in [2.75, 3.05) is 36.0 Å². The third-order valence-corrected chi connectivity index (χ3v) is 6.57. The second-order valence-electron chi connectivity index (χ2n) is 9.01. The number of phenols is 1. The van der Waals surface area contributed by atoms with Gasteiger partial charge < -0.3 is 24.6 Å². The Kier molecular flexibility index (Phi) is 5.59. The van der Waals surface area contributed by atoms with Crippen molar-refractivity contribution in [3.63, 3.8) is 0 Å². The highest BCUT2D eigenvalue weighted by molar-refractivity contribution is 6.05. The Labute approximate surface area is 215 Å². The van der Waals surface area contributed by atoms with Crippen LogP contribution in [0.25, 0.3) is 28.0 Å². The van der Waals surface area contributed by atoms with E-state index < -0.39 is 5.97 Å². The molecule has 1 aliphatic rings. The third kappa shape index (κ3) is 4.03. The van der Waals surface area contributed by atoms with Crippen LogP contribution in [-0.4, -0.2) is 82.7 Å². The SMILES string of the molecule is CC(=O)c1cccc2c1nnn2-c1nc(N2CCN(c3ccc(O)cc3)CC2)nc2c1ncn2CC(=O)O. The number of imidazole rings is 1. The predicted octanol–water partition coefficient (Wildman–Crippen LogP) is 1.88. The van der Waals surface area contributed by atoms with Crippen LogP contribution >= 0.6 is 0 Å². The first kappa shape index (κ1) is 23.3. The molecular weight excluding hydrogens is 490 g/mol. The Bertz CT molecular complexity index is 1680. The number of nitrogens with zero attached hydrogens (tertiary/aromatic N) is 9. The maximum absolute atomic E-state index is 12.1. The number of rotatable bonds is 6. The second-order valence-corrected chi connectivity index (χ2v) is 9.01. The minimum atomic E-state index is -1.02. The van der Waals surface area contributed by atoms with Gasteiger partial charge in [-0.3, -0.25) is 9.59 Å². The number of carboxylic acid groups (broad SMARTS) is 1. The third-order valence-electron chi connectivity index (χ3n) is 6.57. The number of carbonyl (C=O) groups excluding carboxylic acids is 1. The number of piperazine rings is 1. The summed E-state index contributed by atoms with van der Waals surface area (Å²) >= 11 is 0. The number of carbonyl (C=O) groups is 2. The average Bonchev–Trinajstić information content (AvgIpc) is 3.52. The molecule has 0 radical (unpaired) electrons. The molecule has 0 aliphatic carbocycles. The molecule has 1 aliphatic heterocycles. The number of benzene rings is 2. The molecule has 1 fully saturated rings. The van der Waals surface area contributed by atoms with Crippen LogP contribution < -0.4 is 9.80 Å². The molecule has 13 heteroatoms. The van der Waals surface area contributed by atoms with Gasteiger partial charge in [0.05, 0.1) is 11.8 Å². The fraction of sp³-hybridized carbons (Fsp3) is 0.240. The zero-order valence-electron chi connectivity index (χ0n) is 20.4. The maximum Gasteiger partial charge on any atom is 0.323 e. The van der Waals surface area contributed by atoms with Crippen molar-refractivity contribution in [2.24, 2.45) is 0 Å². The molecule has 4 heterocycles. The summed E-state index contributed by atoms with van der Waals surface area (Å²) in [5.41, 5.74) is 3.21. The fourth-order valence-electron chi connectivity index (χ4n) is 4.68. The van der Waals surface area contributed by atoms with Crippen LogP contribution in [-0.2, 0) is 11.3 Å². The molecule has 0 bridgehead atoms. The van der Waals surface area contributed by atoms with Crippen LogP contribution in [0.1, 0.15) is 17.3 Å². The first-order valence-electron chi connectivity index (χ1n) is 12.0. The number of hydrogen-bond acceptors (Lipinski definition) is 10. The summed E-state index contributed by atoms with van der Waals surface area (Å²) in [5.74, 6) is -0.176. The highest BCUT2D eigenvalue weighted by atomic mass is 16.4. The molecule has 5 aromatic rings. The van der Waals surface area contributed by atoms with E-state index >= 15 is 0 Å². The molecule has 0 amide bonds. The van der Waals surface area contributed by atoms with Gasteiger partial charge in [-0.05, 0) is 43.3 Å². The summed E-state index contributed by atoms with van der Waals surface area (Å²) in [4.78, 5) is 41.8. The summed E-state index contributed by atoms with van der Waals surface area (Å²) in [6, 6.07) is 12.3. The lowest BCUT2D eigenvalue weighted by molar-refractivity contribution is -0.137. The molecule has 6 rings (SSSR count). The van der Waals surface area contributed by atoms with Gasteiger partial charge in [0.1, 0.15) is 17.8 Å². The number of ketones is 1. The Morgan fingerprint density at radius 1 is 0.947 bits per heavy atom. The van der Waals surface area contributed by atoms with Crippen molar-refractivity contribution in [2.45, 2.75) is 13.5 Å². The van der Waals surface area contributed by atoms with E-state index in [1.807, 2.05) is 17.0 Å². The summed E-state index contributed by atoms with van der Waals surface area (Å²) in [6.45, 7) is 3.79. The molecule has 0 saturated carbocycles. The van der Waals surface area contributed by atoms with E-state index in [9.17, 15) is 19.8 Å². The van der Waals surface area contributed by atoms with Gasteiger partial charge in [-0.25, -0.2) is 4.98 Å². The Hall–Kier alpha value is -5.07. The first-order chi connectivity index (χ1) is 18.4. The van der Waals surface area contributed by atoms with Gasteiger partial charge in [-0.1, -0.05) is 11.3 Å². The van der Waals surface area contributed by atoms with E-state index in [1.54, 1.807) is 30.3 Å². The maximum atomic E-state index is 12.1. The number of phenolic OH excluding ortho intramolecular Hbond substituents is 1. The number of aliphatic carboxylic acids is 1. The van der Waals surface area contributed by atoms with Gasteiger partial charge in [0, 0.05) is 37.4 Å². The van der Waals surface area contributed by atoms with Gasteiger partial charge in [-0.15, -0.1) is 5.10 Å². The number of aromatic hydroxyl groups is 1. The molecule has 38 heavy (non-hydrogen) atoms. The second kappa shape index (κ2) is 9.10. The topological polar surface area (TPSA) is 155 Å². The van der Waals surface area contributed by atoms with Crippen LogP contribution in [0.5, 0.6) is 5.75 Å². The molecule has 2 aromatic carbocycles. The van der Waals surface area contributed by atoms with Gasteiger partial charge >= 0.3 is 5.97 Å². The van der Waals surface area contributed by atoms with Gasteiger partial charge in [0.2, 0.25) is 5.95 Å². The van der Waals surface area contributed by atoms with Crippen molar-refractivity contribution in [3.8, 4) is 11.6 Å². The van der Waals surface area contributed by atoms with Crippen LogP contribution in [0.15, 0.2) is 48.8 Å². The molecule has 192 valence electrons. The lowest BCUT2D eigenvalue weighted by Gasteiger charge is -2.36. The van der Waals surface area contributed by atoms with E-state index in [0.717, 1.165) is 5.69 Å². The largest absolute Gasteiger partial charge is 0.508 e. The number of hydrogen-bond donors (Lipinski definition) is 2. The van der Waals surface area contributed by atoms with Gasteiger partial charge in [0.25, 0.3) is 0 Å². The number of aromatic nitrogens is 7. The number of carboxylic acids is 1. The van der Waals surface area contributed by atoms with E-state index in [1.165, 1.54) is 22.5 Å². The molecule has 2 N–H and O–H groups in total. The highest BCUT2D eigenvalue weighted by Crippen LogP contribution is 2.27. The van der Waals surface area contributed by atoms with Crippen molar-refractivity contribution < 1.29 is 19.8 Å². The van der Waals surface area contributed by atoms with E-state index in [-0.39, 0.29) is 18.1 Å². The highest BCUT2D eigenvalue weighted by Gasteiger charge is 2.25. The zero-order valence-corrected chi connectivity index (χ0v) is 20.4. The van der Waals surface area contributed by atoms with Gasteiger partial charge in [-0.2, -0.15) is 14.6 Å². The molecular formula is C25H23N9O4. The van der Waals surface area contributed by atoms with E-state index in [0.29, 0.717) is 65.7 Å². The summed E-state index contributed by atoms with van der Waals surface area (Å²) in [5, 5.41) is 27.5. The number of fused-ring (bicyclic) bond motifs is 2. The quantitative estimate of drug-likeness (QED) is 0.320. The number of anilines is 2. The van der Waals surface area contributed by atoms with E-state index in [2.05, 4.69) is 20.2 Å². The lowest BCUT2D eigenvalue weighted by atomic mass is 10.1. The van der Waals surface area contributed by atoms with Crippen LogP contribution in [0, 0.1) is 0 Å². The normalized spacial score (nSPS) is 13.9.